The van der Waals surface area contributed by atoms with Gasteiger partial charge in [-0.3, -0.25) is 4.79 Å². The van der Waals surface area contributed by atoms with Gasteiger partial charge in [-0.05, 0) is 42.2 Å². The summed E-state index contributed by atoms with van der Waals surface area (Å²) in [7, 11) is 0. The van der Waals surface area contributed by atoms with Crippen LogP contribution >= 0.6 is 11.6 Å². The van der Waals surface area contributed by atoms with E-state index in [1.165, 1.54) is 4.90 Å². The van der Waals surface area contributed by atoms with Crippen molar-refractivity contribution in [3.05, 3.63) is 172 Å². The third-order valence-electron chi connectivity index (χ3n) is 7.98. The number of carbonyl (C=O) groups is 2. The molecule has 220 valence electrons. The SMILES string of the molecule is O=C(CCc1ccccc1)N1C(=O)OC[C@@H]1Cc1ccc(OC(c2ccccc2)(c2ccccc2)c2ccccc2Cl)cc1. The molecular formula is C38H32ClNO4. The predicted molar refractivity (Wildman–Crippen MR) is 172 cm³/mol. The molecule has 0 N–H and O–H groups in total. The molecular weight excluding hydrogens is 570 g/mol. The summed E-state index contributed by atoms with van der Waals surface area (Å²) >= 11 is 6.85. The maximum Gasteiger partial charge on any atom is 0.416 e. The molecule has 1 heterocycles. The van der Waals surface area contributed by atoms with Crippen molar-refractivity contribution in [2.45, 2.75) is 30.9 Å². The van der Waals surface area contributed by atoms with Crippen molar-refractivity contribution in [2.75, 3.05) is 6.61 Å². The van der Waals surface area contributed by atoms with Crippen molar-refractivity contribution < 1.29 is 19.1 Å². The van der Waals surface area contributed by atoms with Gasteiger partial charge in [-0.25, -0.2) is 9.69 Å². The quantitative estimate of drug-likeness (QED) is 0.151. The van der Waals surface area contributed by atoms with E-state index >= 15 is 0 Å². The standard InChI is InChI=1S/C38H32ClNO4/c39-35-19-11-10-18-34(35)38(30-14-6-2-7-15-30,31-16-8-3-9-17-31)44-33-23-20-29(21-24-33)26-32-27-43-37(42)40(32)36(41)25-22-28-12-4-1-5-13-28/h1-21,23-24,32H,22,25-27H2/t32-/m0/s1. The summed E-state index contributed by atoms with van der Waals surface area (Å²) in [5.41, 5.74) is 3.71. The van der Waals surface area contributed by atoms with E-state index in [1.807, 2.05) is 140 Å². The molecule has 0 radical (unpaired) electrons. The third kappa shape index (κ3) is 6.10. The van der Waals surface area contributed by atoms with Gasteiger partial charge in [0, 0.05) is 28.1 Å². The lowest BCUT2D eigenvalue weighted by molar-refractivity contribution is -0.129. The van der Waals surface area contributed by atoms with E-state index in [2.05, 4.69) is 0 Å². The van der Waals surface area contributed by atoms with Gasteiger partial charge in [0.15, 0.2) is 5.60 Å². The first kappa shape index (κ1) is 29.2. The van der Waals surface area contributed by atoms with Crippen LogP contribution in [0.3, 0.4) is 0 Å². The molecule has 0 bridgehead atoms. The van der Waals surface area contributed by atoms with E-state index < -0.39 is 11.7 Å². The van der Waals surface area contributed by atoms with E-state index in [-0.39, 0.29) is 25.0 Å². The average Bonchev–Trinajstić information content (AvgIpc) is 3.44. The second kappa shape index (κ2) is 13.2. The van der Waals surface area contributed by atoms with Crippen molar-refractivity contribution in [3.8, 4) is 5.75 Å². The fraction of sp³-hybridized carbons (Fsp3) is 0.158. The zero-order chi connectivity index (χ0) is 30.4. The number of nitrogens with zero attached hydrogens (tertiary/aromatic N) is 1. The number of amides is 2. The third-order valence-corrected chi connectivity index (χ3v) is 8.31. The number of cyclic esters (lactones) is 1. The minimum atomic E-state index is -1.02. The van der Waals surface area contributed by atoms with E-state index in [0.29, 0.717) is 23.6 Å². The normalized spacial score (nSPS) is 14.7. The lowest BCUT2D eigenvalue weighted by atomic mass is 9.80. The molecule has 1 aliphatic heterocycles. The molecule has 2 amide bonds. The topological polar surface area (TPSA) is 55.8 Å². The Kier molecular flexibility index (Phi) is 8.76. The van der Waals surface area contributed by atoms with Gasteiger partial charge in [-0.15, -0.1) is 0 Å². The highest BCUT2D eigenvalue weighted by Gasteiger charge is 2.41. The molecule has 1 saturated heterocycles. The van der Waals surface area contributed by atoms with Crippen LogP contribution in [0.1, 0.15) is 34.2 Å². The Labute approximate surface area is 262 Å². The second-order valence-electron chi connectivity index (χ2n) is 10.8. The van der Waals surface area contributed by atoms with Gasteiger partial charge < -0.3 is 9.47 Å². The minimum absolute atomic E-state index is 0.172. The molecule has 6 rings (SSSR count). The predicted octanol–water partition coefficient (Wildman–Crippen LogP) is 8.23. The highest BCUT2D eigenvalue weighted by atomic mass is 35.5. The smallest absolute Gasteiger partial charge is 0.416 e. The molecule has 0 aliphatic carbocycles. The zero-order valence-corrected chi connectivity index (χ0v) is 24.9. The summed E-state index contributed by atoms with van der Waals surface area (Å²) in [6.45, 7) is 0.172. The van der Waals surface area contributed by atoms with Gasteiger partial charge in [-0.1, -0.05) is 133 Å². The first-order valence-corrected chi connectivity index (χ1v) is 15.1. The van der Waals surface area contributed by atoms with Gasteiger partial charge in [0.25, 0.3) is 0 Å². The van der Waals surface area contributed by atoms with Crippen LogP contribution in [0.2, 0.25) is 5.02 Å². The number of halogens is 1. The molecule has 0 aromatic heterocycles. The molecule has 5 nitrogen and oxygen atoms in total. The summed E-state index contributed by atoms with van der Waals surface area (Å²) in [5, 5.41) is 0.597. The summed E-state index contributed by atoms with van der Waals surface area (Å²) in [5.74, 6) is 0.424. The van der Waals surface area contributed by atoms with Crippen LogP contribution in [0.15, 0.2) is 140 Å². The molecule has 1 fully saturated rings. The van der Waals surface area contributed by atoms with Gasteiger partial charge in [0.2, 0.25) is 5.91 Å². The number of imide groups is 1. The number of ether oxygens (including phenoxy) is 2. The summed E-state index contributed by atoms with van der Waals surface area (Å²) in [4.78, 5) is 26.9. The largest absolute Gasteiger partial charge is 0.473 e. The maximum atomic E-state index is 13.1. The van der Waals surface area contributed by atoms with Crippen LogP contribution in [0.5, 0.6) is 5.75 Å². The molecule has 1 aliphatic rings. The molecule has 0 saturated carbocycles. The van der Waals surface area contributed by atoms with Crippen LogP contribution in [-0.4, -0.2) is 29.5 Å². The Bertz CT molecular complexity index is 1670. The molecule has 6 heteroatoms. The molecule has 44 heavy (non-hydrogen) atoms. The number of aryl methyl sites for hydroxylation is 1. The highest BCUT2D eigenvalue weighted by Crippen LogP contribution is 2.44. The molecule has 1 atom stereocenters. The Hall–Kier alpha value is -4.87. The van der Waals surface area contributed by atoms with Crippen molar-refractivity contribution in [2.24, 2.45) is 0 Å². The monoisotopic (exact) mass is 601 g/mol. The summed E-state index contributed by atoms with van der Waals surface area (Å²) in [6, 6.07) is 45.1. The van der Waals surface area contributed by atoms with Crippen LogP contribution in [0.4, 0.5) is 4.79 Å². The van der Waals surface area contributed by atoms with E-state index in [9.17, 15) is 9.59 Å². The average molecular weight is 602 g/mol. The van der Waals surface area contributed by atoms with E-state index in [4.69, 9.17) is 21.1 Å². The van der Waals surface area contributed by atoms with Crippen molar-refractivity contribution in [3.63, 3.8) is 0 Å². The number of carbonyl (C=O) groups excluding carboxylic acids is 2. The van der Waals surface area contributed by atoms with Gasteiger partial charge in [0.05, 0.1) is 6.04 Å². The van der Waals surface area contributed by atoms with Gasteiger partial charge >= 0.3 is 6.09 Å². The Morgan fingerprint density at radius 2 is 1.32 bits per heavy atom. The first-order valence-electron chi connectivity index (χ1n) is 14.7. The molecule has 5 aromatic carbocycles. The van der Waals surface area contributed by atoms with E-state index in [1.54, 1.807) is 0 Å². The van der Waals surface area contributed by atoms with Crippen LogP contribution in [0.25, 0.3) is 0 Å². The first-order chi connectivity index (χ1) is 21.5. The number of rotatable bonds is 10. The molecule has 5 aromatic rings. The minimum Gasteiger partial charge on any atom is -0.473 e. The number of hydrogen-bond donors (Lipinski definition) is 0. The van der Waals surface area contributed by atoms with Crippen LogP contribution in [0, 0.1) is 0 Å². The van der Waals surface area contributed by atoms with Gasteiger partial charge in [-0.2, -0.15) is 0 Å². The fourth-order valence-corrected chi connectivity index (χ4v) is 6.09. The second-order valence-corrected chi connectivity index (χ2v) is 11.2. The summed E-state index contributed by atoms with van der Waals surface area (Å²) < 4.78 is 12.3. The number of hydrogen-bond acceptors (Lipinski definition) is 4. The molecule has 0 unspecified atom stereocenters. The Balaban J connectivity index is 1.26. The lowest BCUT2D eigenvalue weighted by Gasteiger charge is -2.37. The molecule has 0 spiro atoms. The number of benzene rings is 5. The van der Waals surface area contributed by atoms with Crippen LogP contribution in [-0.2, 0) is 28.0 Å². The fourth-order valence-electron chi connectivity index (χ4n) is 5.82. The zero-order valence-electron chi connectivity index (χ0n) is 24.1. The van der Waals surface area contributed by atoms with Crippen molar-refractivity contribution in [1.82, 2.24) is 4.90 Å². The van der Waals surface area contributed by atoms with Crippen LogP contribution < -0.4 is 4.74 Å². The summed E-state index contributed by atoms with van der Waals surface area (Å²) in [6.07, 6.45) is 0.711. The highest BCUT2D eigenvalue weighted by molar-refractivity contribution is 6.31. The van der Waals surface area contributed by atoms with Gasteiger partial charge in [0.1, 0.15) is 12.4 Å². The van der Waals surface area contributed by atoms with Crippen molar-refractivity contribution in [1.29, 1.82) is 0 Å². The van der Waals surface area contributed by atoms with Crippen molar-refractivity contribution >= 4 is 23.6 Å². The Morgan fingerprint density at radius 1 is 0.750 bits per heavy atom. The Morgan fingerprint density at radius 3 is 1.93 bits per heavy atom. The van der Waals surface area contributed by atoms with E-state index in [0.717, 1.165) is 27.8 Å². The maximum absolute atomic E-state index is 13.1. The lowest BCUT2D eigenvalue weighted by Crippen LogP contribution is -2.40.